The Hall–Kier alpha value is -1.83. The minimum atomic E-state index is 0.792. The van der Waals surface area contributed by atoms with Crippen LogP contribution in [0.1, 0.15) is 18.2 Å². The lowest BCUT2D eigenvalue weighted by Gasteiger charge is -2.07. The molecule has 0 atom stereocenters. The summed E-state index contributed by atoms with van der Waals surface area (Å²) in [5.74, 6) is 0. The summed E-state index contributed by atoms with van der Waals surface area (Å²) in [5.41, 5.74) is 11.0. The first kappa shape index (κ1) is 10.7. The van der Waals surface area contributed by atoms with Crippen LogP contribution in [-0.4, -0.2) is 4.98 Å². The summed E-state index contributed by atoms with van der Waals surface area (Å²) >= 11 is 0. The first-order chi connectivity index (χ1) is 7.70. The molecule has 16 heavy (non-hydrogen) atoms. The molecular weight excluding hydrogens is 196 g/mol. The fourth-order valence-corrected chi connectivity index (χ4v) is 1.74. The number of benzene rings is 1. The average Bonchev–Trinajstić information content (AvgIpc) is 2.29. The van der Waals surface area contributed by atoms with Crippen molar-refractivity contribution < 1.29 is 0 Å². The summed E-state index contributed by atoms with van der Waals surface area (Å²) in [6.45, 7) is 4.14. The molecule has 1 aromatic carbocycles. The van der Waals surface area contributed by atoms with Gasteiger partial charge in [0.05, 0.1) is 5.69 Å². The molecule has 0 aliphatic heterocycles. The predicted molar refractivity (Wildman–Crippen MR) is 68.2 cm³/mol. The van der Waals surface area contributed by atoms with Crippen molar-refractivity contribution in [2.24, 2.45) is 0 Å². The fraction of sp³-hybridized carbons (Fsp3) is 0.214. The first-order valence-corrected chi connectivity index (χ1v) is 5.53. The van der Waals surface area contributed by atoms with Gasteiger partial charge in [0, 0.05) is 16.9 Å². The van der Waals surface area contributed by atoms with Crippen LogP contribution in [0.2, 0.25) is 0 Å². The molecule has 0 unspecified atom stereocenters. The zero-order valence-corrected chi connectivity index (χ0v) is 9.70. The number of nitrogens with zero attached hydrogens (tertiary/aromatic N) is 1. The van der Waals surface area contributed by atoms with Gasteiger partial charge in [0.15, 0.2) is 0 Å². The quantitative estimate of drug-likeness (QED) is 0.776. The summed E-state index contributed by atoms with van der Waals surface area (Å²) in [4.78, 5) is 4.57. The van der Waals surface area contributed by atoms with Crippen molar-refractivity contribution in [3.8, 4) is 11.3 Å². The Labute approximate surface area is 96.1 Å². The molecule has 0 bridgehead atoms. The summed E-state index contributed by atoms with van der Waals surface area (Å²) < 4.78 is 0. The third-order valence-electron chi connectivity index (χ3n) is 2.65. The molecule has 1 heterocycles. The zero-order chi connectivity index (χ0) is 11.5. The number of nitrogens with two attached hydrogens (primary N) is 1. The van der Waals surface area contributed by atoms with Crippen molar-refractivity contribution >= 4 is 5.69 Å². The second-order valence-corrected chi connectivity index (χ2v) is 3.96. The normalized spacial score (nSPS) is 10.4. The maximum atomic E-state index is 6.00. The number of hydrogen-bond acceptors (Lipinski definition) is 2. The number of aryl methyl sites for hydroxylation is 2. The maximum Gasteiger partial charge on any atom is 0.0725 e. The van der Waals surface area contributed by atoms with Gasteiger partial charge in [0.2, 0.25) is 0 Å². The summed E-state index contributed by atoms with van der Waals surface area (Å²) in [7, 11) is 0. The second-order valence-electron chi connectivity index (χ2n) is 3.96. The van der Waals surface area contributed by atoms with Gasteiger partial charge in [-0.25, -0.2) is 0 Å². The molecule has 0 aliphatic rings. The summed E-state index contributed by atoms with van der Waals surface area (Å²) in [5, 5.41) is 0. The van der Waals surface area contributed by atoms with Gasteiger partial charge < -0.3 is 5.73 Å². The monoisotopic (exact) mass is 212 g/mol. The lowest BCUT2D eigenvalue weighted by atomic mass is 10.1. The predicted octanol–water partition coefficient (Wildman–Crippen LogP) is 3.20. The Kier molecular flexibility index (Phi) is 2.91. The number of anilines is 1. The van der Waals surface area contributed by atoms with Gasteiger partial charge >= 0.3 is 0 Å². The minimum absolute atomic E-state index is 0.792. The largest absolute Gasteiger partial charge is 0.398 e. The standard InChI is InChI=1S/C14H16N2/c1-3-11-5-4-6-14(16-11)12-8-7-10(2)9-13(12)15/h4-9H,3,15H2,1-2H3. The van der Waals surface area contributed by atoms with E-state index in [0.717, 1.165) is 29.1 Å². The van der Waals surface area contributed by atoms with E-state index >= 15 is 0 Å². The molecule has 0 amide bonds. The van der Waals surface area contributed by atoms with Crippen LogP contribution in [0.5, 0.6) is 0 Å². The van der Waals surface area contributed by atoms with Crippen LogP contribution in [0.25, 0.3) is 11.3 Å². The highest BCUT2D eigenvalue weighted by atomic mass is 14.7. The van der Waals surface area contributed by atoms with Crippen LogP contribution >= 0.6 is 0 Å². The van der Waals surface area contributed by atoms with Crippen molar-refractivity contribution in [2.45, 2.75) is 20.3 Å². The first-order valence-electron chi connectivity index (χ1n) is 5.53. The molecule has 2 rings (SSSR count). The molecule has 2 aromatic rings. The Balaban J connectivity index is 2.49. The molecule has 2 N–H and O–H groups in total. The molecule has 0 saturated carbocycles. The van der Waals surface area contributed by atoms with Gasteiger partial charge in [-0.15, -0.1) is 0 Å². The Bertz CT molecular complexity index is 504. The van der Waals surface area contributed by atoms with Crippen LogP contribution < -0.4 is 5.73 Å². The van der Waals surface area contributed by atoms with Crippen molar-refractivity contribution in [3.63, 3.8) is 0 Å². The number of aromatic nitrogens is 1. The molecular formula is C14H16N2. The molecule has 82 valence electrons. The van der Waals surface area contributed by atoms with Gasteiger partial charge in [-0.3, -0.25) is 4.98 Å². The molecule has 0 fully saturated rings. The summed E-state index contributed by atoms with van der Waals surface area (Å²) in [6, 6.07) is 12.1. The lowest BCUT2D eigenvalue weighted by molar-refractivity contribution is 1.04. The van der Waals surface area contributed by atoms with E-state index in [1.807, 2.05) is 37.3 Å². The highest BCUT2D eigenvalue weighted by Gasteiger charge is 2.04. The van der Waals surface area contributed by atoms with Crippen LogP contribution in [-0.2, 0) is 6.42 Å². The third-order valence-corrected chi connectivity index (χ3v) is 2.65. The van der Waals surface area contributed by atoms with Crippen molar-refractivity contribution in [2.75, 3.05) is 5.73 Å². The molecule has 1 aromatic heterocycles. The van der Waals surface area contributed by atoms with E-state index in [9.17, 15) is 0 Å². The summed E-state index contributed by atoms with van der Waals surface area (Å²) in [6.07, 6.45) is 0.944. The molecule has 0 aliphatic carbocycles. The zero-order valence-electron chi connectivity index (χ0n) is 9.70. The highest BCUT2D eigenvalue weighted by molar-refractivity contribution is 5.74. The van der Waals surface area contributed by atoms with Crippen LogP contribution in [0.15, 0.2) is 36.4 Å². The van der Waals surface area contributed by atoms with E-state index in [0.29, 0.717) is 0 Å². The van der Waals surface area contributed by atoms with E-state index < -0.39 is 0 Å². The smallest absolute Gasteiger partial charge is 0.0725 e. The Morgan fingerprint density at radius 2 is 2.00 bits per heavy atom. The van der Waals surface area contributed by atoms with Crippen molar-refractivity contribution in [1.82, 2.24) is 4.98 Å². The van der Waals surface area contributed by atoms with Gasteiger partial charge in [0.25, 0.3) is 0 Å². The molecule has 0 spiro atoms. The second kappa shape index (κ2) is 4.35. The molecule has 0 radical (unpaired) electrons. The van der Waals surface area contributed by atoms with Crippen molar-refractivity contribution in [1.29, 1.82) is 0 Å². The van der Waals surface area contributed by atoms with Gasteiger partial charge in [0.1, 0.15) is 0 Å². The van der Waals surface area contributed by atoms with Crippen LogP contribution in [0, 0.1) is 6.92 Å². The number of pyridine rings is 1. The van der Waals surface area contributed by atoms with Crippen LogP contribution in [0.4, 0.5) is 5.69 Å². The van der Waals surface area contributed by atoms with Gasteiger partial charge in [-0.1, -0.05) is 25.1 Å². The van der Waals surface area contributed by atoms with E-state index in [1.54, 1.807) is 0 Å². The van der Waals surface area contributed by atoms with Crippen LogP contribution in [0.3, 0.4) is 0 Å². The molecule has 0 saturated heterocycles. The third kappa shape index (κ3) is 2.06. The van der Waals surface area contributed by atoms with E-state index in [4.69, 9.17) is 5.73 Å². The SMILES string of the molecule is CCc1cccc(-c2ccc(C)cc2N)n1. The number of nitrogen functional groups attached to an aromatic ring is 1. The number of rotatable bonds is 2. The fourth-order valence-electron chi connectivity index (χ4n) is 1.74. The van der Waals surface area contributed by atoms with E-state index in [-0.39, 0.29) is 0 Å². The maximum absolute atomic E-state index is 6.00. The van der Waals surface area contributed by atoms with Gasteiger partial charge in [-0.2, -0.15) is 0 Å². The molecule has 2 nitrogen and oxygen atoms in total. The Morgan fingerprint density at radius 1 is 1.19 bits per heavy atom. The van der Waals surface area contributed by atoms with E-state index in [1.165, 1.54) is 5.56 Å². The lowest BCUT2D eigenvalue weighted by Crippen LogP contribution is -1.94. The average molecular weight is 212 g/mol. The molecule has 2 heteroatoms. The van der Waals surface area contributed by atoms with Crippen molar-refractivity contribution in [3.05, 3.63) is 47.7 Å². The van der Waals surface area contributed by atoms with E-state index in [2.05, 4.69) is 18.0 Å². The van der Waals surface area contributed by atoms with Gasteiger partial charge in [-0.05, 0) is 37.1 Å². The number of hydrogen-bond donors (Lipinski definition) is 1. The topological polar surface area (TPSA) is 38.9 Å². The highest BCUT2D eigenvalue weighted by Crippen LogP contribution is 2.25. The Morgan fingerprint density at radius 3 is 2.69 bits per heavy atom. The minimum Gasteiger partial charge on any atom is -0.398 e.